The molecule has 4 amide bonds. The zero-order valence-electron chi connectivity index (χ0n) is 20.8. The molecule has 40 heavy (non-hydrogen) atoms. The average Bonchev–Trinajstić information content (AvgIpc) is 3.27. The summed E-state index contributed by atoms with van der Waals surface area (Å²) in [6.07, 6.45) is 3.62. The second-order valence-corrected chi connectivity index (χ2v) is 12.7. The van der Waals surface area contributed by atoms with Crippen LogP contribution in [-0.4, -0.2) is 48.8 Å². The number of anilines is 1. The monoisotopic (exact) mass is 662 g/mol. The molecule has 2 aromatic carbocycles. The van der Waals surface area contributed by atoms with E-state index in [1.807, 2.05) is 6.08 Å². The van der Waals surface area contributed by atoms with Gasteiger partial charge < -0.3 is 5.11 Å². The Labute approximate surface area is 253 Å². The number of halogens is 4. The van der Waals surface area contributed by atoms with Crippen LogP contribution in [0.3, 0.4) is 0 Å². The second-order valence-electron chi connectivity index (χ2n) is 10.5. The maximum atomic E-state index is 14.0. The minimum atomic E-state index is -1.96. The molecule has 1 N–H and O–H groups in total. The molecule has 6 unspecified atom stereocenters. The minimum Gasteiger partial charge on any atom is -0.508 e. The van der Waals surface area contributed by atoms with Gasteiger partial charge in [-0.2, -0.15) is 0 Å². The summed E-state index contributed by atoms with van der Waals surface area (Å²) in [7, 11) is 0. The van der Waals surface area contributed by atoms with Gasteiger partial charge in [-0.1, -0.05) is 70.0 Å². The number of carbonyl (C=O) groups excluding carboxylic acids is 4. The number of likely N-dealkylation sites (tertiary alicyclic amines) is 1. The van der Waals surface area contributed by atoms with Crippen molar-refractivity contribution >= 4 is 86.1 Å². The van der Waals surface area contributed by atoms with Crippen LogP contribution < -0.4 is 4.90 Å². The second kappa shape index (κ2) is 9.44. The van der Waals surface area contributed by atoms with Crippen LogP contribution in [0.2, 0.25) is 5.02 Å². The van der Waals surface area contributed by atoms with Gasteiger partial charge in [-0.15, -0.1) is 23.2 Å². The zero-order chi connectivity index (χ0) is 28.7. The number of alkyl halides is 3. The van der Waals surface area contributed by atoms with E-state index < -0.39 is 51.1 Å². The van der Waals surface area contributed by atoms with Gasteiger partial charge in [0.25, 0.3) is 11.8 Å². The number of hydrogen-bond acceptors (Lipinski definition) is 5. The first-order chi connectivity index (χ1) is 19.0. The van der Waals surface area contributed by atoms with E-state index in [2.05, 4.69) is 22.5 Å². The summed E-state index contributed by atoms with van der Waals surface area (Å²) in [5.74, 6) is -5.34. The third kappa shape index (κ3) is 3.49. The van der Waals surface area contributed by atoms with Crippen molar-refractivity contribution in [2.75, 3.05) is 10.4 Å². The van der Waals surface area contributed by atoms with Crippen molar-refractivity contribution in [3.8, 4) is 5.75 Å². The summed E-state index contributed by atoms with van der Waals surface area (Å²) >= 11 is 24.2. The molecule has 11 heteroatoms. The molecule has 6 atom stereocenters. The number of aromatic hydroxyl groups is 1. The van der Waals surface area contributed by atoms with Crippen LogP contribution in [0.25, 0.3) is 6.08 Å². The lowest BCUT2D eigenvalue weighted by atomic mass is 9.56. The molecule has 3 fully saturated rings. The summed E-state index contributed by atoms with van der Waals surface area (Å²) < 4.78 is 0. The zero-order valence-corrected chi connectivity index (χ0v) is 24.7. The third-order valence-corrected chi connectivity index (χ3v) is 10.9. The van der Waals surface area contributed by atoms with Gasteiger partial charge >= 0.3 is 0 Å². The third-order valence-electron chi connectivity index (χ3n) is 8.70. The Morgan fingerprint density at radius 3 is 2.35 bits per heavy atom. The molecule has 1 saturated carbocycles. The predicted octanol–water partition coefficient (Wildman–Crippen LogP) is 5.60. The molecule has 0 spiro atoms. The molecular weight excluding hydrogens is 643 g/mol. The highest BCUT2D eigenvalue weighted by Crippen LogP contribution is 2.66. The van der Waals surface area contributed by atoms with E-state index in [0.717, 1.165) is 10.5 Å². The van der Waals surface area contributed by atoms with Gasteiger partial charge in [0, 0.05) is 10.9 Å². The van der Waals surface area contributed by atoms with Crippen LogP contribution in [0.15, 0.2) is 60.7 Å². The number of carbonyl (C=O) groups is 4. The smallest absolute Gasteiger partial charge is 0.254 e. The first kappa shape index (κ1) is 27.5. The van der Waals surface area contributed by atoms with Gasteiger partial charge in [-0.3, -0.25) is 29.0 Å². The lowest BCUT2D eigenvalue weighted by molar-refractivity contribution is -0.138. The van der Waals surface area contributed by atoms with Gasteiger partial charge in [0.15, 0.2) is 9.75 Å². The van der Waals surface area contributed by atoms with Crippen LogP contribution in [0.4, 0.5) is 5.69 Å². The Bertz CT molecular complexity index is 1540. The quantitative estimate of drug-likeness (QED) is 0.199. The highest BCUT2D eigenvalue weighted by molar-refractivity contribution is 9.09. The number of amides is 4. The predicted molar refractivity (Wildman–Crippen MR) is 155 cm³/mol. The van der Waals surface area contributed by atoms with Crippen molar-refractivity contribution in [1.29, 1.82) is 0 Å². The first-order valence-corrected chi connectivity index (χ1v) is 14.8. The molecule has 2 aliphatic heterocycles. The number of phenolic OH excluding ortho intramolecular Hbond substituents is 1. The number of hydrogen-bond donors (Lipinski definition) is 1. The number of benzene rings is 2. The Kier molecular flexibility index (Phi) is 6.50. The number of allylic oxidation sites excluding steroid dienone is 2. The van der Waals surface area contributed by atoms with E-state index in [4.69, 9.17) is 34.8 Å². The van der Waals surface area contributed by atoms with E-state index in [-0.39, 0.29) is 35.0 Å². The number of rotatable bonds is 4. The van der Waals surface area contributed by atoms with Crippen molar-refractivity contribution < 1.29 is 24.3 Å². The minimum absolute atomic E-state index is 0.0925. The van der Waals surface area contributed by atoms with Crippen LogP contribution in [-0.2, 0) is 19.2 Å². The molecule has 2 aliphatic carbocycles. The van der Waals surface area contributed by atoms with Crippen LogP contribution in [0.5, 0.6) is 5.75 Å². The van der Waals surface area contributed by atoms with Crippen LogP contribution in [0.1, 0.15) is 29.9 Å². The number of imide groups is 2. The summed E-state index contributed by atoms with van der Waals surface area (Å²) in [6, 6.07) is 11.2. The van der Waals surface area contributed by atoms with E-state index in [9.17, 15) is 24.3 Å². The van der Waals surface area contributed by atoms with Crippen molar-refractivity contribution in [3.63, 3.8) is 0 Å². The van der Waals surface area contributed by atoms with E-state index in [1.54, 1.807) is 36.4 Å². The summed E-state index contributed by atoms with van der Waals surface area (Å²) in [6.45, 7) is 3.74. The van der Waals surface area contributed by atoms with Crippen LogP contribution >= 0.6 is 50.7 Å². The van der Waals surface area contributed by atoms with E-state index in [1.165, 1.54) is 17.0 Å². The molecule has 4 aliphatic rings. The summed E-state index contributed by atoms with van der Waals surface area (Å²) in [5.41, 5.74) is 2.18. The molecule has 2 saturated heterocycles. The van der Waals surface area contributed by atoms with Crippen molar-refractivity contribution in [3.05, 3.63) is 76.8 Å². The van der Waals surface area contributed by atoms with Gasteiger partial charge in [0.1, 0.15) is 5.75 Å². The molecular formula is C29H22BrCl3N2O5. The normalized spacial score (nSPS) is 33.0. The molecule has 0 radical (unpaired) electrons. The standard InChI is InChI=1S/C29H22BrCl3N2O5/c1-2-14-3-5-15(6-4-14)35-24(37)19-10-9-17-20(22(19)25(35)38)12-28(32)26(39)34(13-30)27(40)29(28,33)23(17)18-8-7-16(36)11-21(18)31/h2-9,11,19-20,22-23,36H,1,10,12-13H2. The van der Waals surface area contributed by atoms with Gasteiger partial charge in [0.2, 0.25) is 11.8 Å². The van der Waals surface area contributed by atoms with Gasteiger partial charge in [-0.25, -0.2) is 0 Å². The van der Waals surface area contributed by atoms with Gasteiger partial charge in [0.05, 0.1) is 23.0 Å². The lowest BCUT2D eigenvalue weighted by Crippen LogP contribution is -2.60. The Balaban J connectivity index is 1.51. The summed E-state index contributed by atoms with van der Waals surface area (Å²) in [5, 5.41) is 10.1. The molecule has 0 aromatic heterocycles. The average molecular weight is 665 g/mol. The fourth-order valence-corrected chi connectivity index (χ4v) is 8.56. The van der Waals surface area contributed by atoms with Crippen molar-refractivity contribution in [1.82, 2.24) is 4.90 Å². The SMILES string of the molecule is C=Cc1ccc(N2C(=O)C3CC=C4C(CC5(Cl)C(=O)N(CBr)C(=O)C5(Cl)C4c4ccc(O)cc4Cl)C3C2=O)cc1. The van der Waals surface area contributed by atoms with Crippen molar-refractivity contribution in [2.24, 2.45) is 17.8 Å². The van der Waals surface area contributed by atoms with Crippen molar-refractivity contribution in [2.45, 2.75) is 28.5 Å². The molecule has 2 aromatic rings. The number of phenols is 1. The fraction of sp³-hybridized carbons (Fsp3) is 0.310. The maximum absolute atomic E-state index is 14.0. The highest BCUT2D eigenvalue weighted by Gasteiger charge is 2.76. The maximum Gasteiger partial charge on any atom is 0.254 e. The molecule has 2 heterocycles. The molecule has 206 valence electrons. The van der Waals surface area contributed by atoms with E-state index in [0.29, 0.717) is 16.8 Å². The lowest BCUT2D eigenvalue weighted by Gasteiger charge is -2.51. The summed E-state index contributed by atoms with van der Waals surface area (Å²) in [4.78, 5) is 53.4. The Hall–Kier alpha value is -2.65. The molecule has 7 nitrogen and oxygen atoms in total. The molecule has 0 bridgehead atoms. The largest absolute Gasteiger partial charge is 0.508 e. The number of nitrogens with zero attached hydrogens (tertiary/aromatic N) is 2. The highest BCUT2D eigenvalue weighted by atomic mass is 79.9. The Morgan fingerprint density at radius 1 is 1.02 bits per heavy atom. The van der Waals surface area contributed by atoms with Crippen LogP contribution in [0, 0.1) is 17.8 Å². The topological polar surface area (TPSA) is 95.0 Å². The Morgan fingerprint density at radius 2 is 1.73 bits per heavy atom. The van der Waals surface area contributed by atoms with Gasteiger partial charge in [-0.05, 0) is 54.2 Å². The number of fused-ring (bicyclic) bond motifs is 4. The molecule has 6 rings (SSSR count). The first-order valence-electron chi connectivity index (χ1n) is 12.6. The fourth-order valence-electron chi connectivity index (χ4n) is 6.86. The van der Waals surface area contributed by atoms with E-state index >= 15 is 0 Å².